The normalized spacial score (nSPS) is 17.9. The van der Waals surface area contributed by atoms with Crippen molar-refractivity contribution in [2.45, 2.75) is 19.0 Å². The molecule has 0 radical (unpaired) electrons. The van der Waals surface area contributed by atoms with Crippen LogP contribution < -0.4 is 10.6 Å². The van der Waals surface area contributed by atoms with E-state index in [1.54, 1.807) is 0 Å². The molecule has 6 heteroatoms. The Morgan fingerprint density at radius 3 is 2.41 bits per heavy atom. The van der Waals surface area contributed by atoms with Crippen molar-refractivity contribution in [2.75, 3.05) is 38.5 Å². The summed E-state index contributed by atoms with van der Waals surface area (Å²) in [6.45, 7) is 6.53. The molecule has 27 heavy (non-hydrogen) atoms. The molecule has 2 aromatic carbocycles. The Morgan fingerprint density at radius 2 is 1.74 bits per heavy atom. The van der Waals surface area contributed by atoms with Crippen LogP contribution in [0.2, 0.25) is 0 Å². The maximum atomic E-state index is 5.58. The van der Waals surface area contributed by atoms with E-state index in [1.807, 2.05) is 24.3 Å². The van der Waals surface area contributed by atoms with Crippen molar-refractivity contribution in [1.82, 2.24) is 15.1 Å². The minimum atomic E-state index is 0.183. The molecule has 0 saturated carbocycles. The Bertz CT molecular complexity index is 747. The summed E-state index contributed by atoms with van der Waals surface area (Å²) in [4.78, 5) is 4.95. The Kier molecular flexibility index (Phi) is 7.24. The molecule has 4 nitrogen and oxygen atoms in total. The van der Waals surface area contributed by atoms with E-state index in [0.717, 1.165) is 36.3 Å². The van der Waals surface area contributed by atoms with Crippen LogP contribution in [0, 0.1) is 0 Å². The van der Waals surface area contributed by atoms with Gasteiger partial charge in [0, 0.05) is 42.4 Å². The van der Waals surface area contributed by atoms with E-state index in [1.165, 1.54) is 5.56 Å². The van der Waals surface area contributed by atoms with Gasteiger partial charge in [-0.2, -0.15) is 0 Å². The fourth-order valence-electron chi connectivity index (χ4n) is 3.59. The zero-order chi connectivity index (χ0) is 19.2. The van der Waals surface area contributed by atoms with Gasteiger partial charge < -0.3 is 15.5 Å². The van der Waals surface area contributed by atoms with E-state index in [9.17, 15) is 0 Å². The lowest BCUT2D eigenvalue weighted by Gasteiger charge is -2.41. The van der Waals surface area contributed by atoms with Crippen molar-refractivity contribution in [1.29, 1.82) is 0 Å². The SMILES string of the molecule is C[C@@H](NC(=S)Nc1cccc(Br)c1)[C@@H](c1ccccc1)N1CCN(C)CC1. The third kappa shape index (κ3) is 5.75. The first kappa shape index (κ1) is 20.3. The van der Waals surface area contributed by atoms with Gasteiger partial charge in [0.15, 0.2) is 5.11 Å². The van der Waals surface area contributed by atoms with Crippen molar-refractivity contribution < 1.29 is 0 Å². The molecule has 0 unspecified atom stereocenters. The minimum Gasteiger partial charge on any atom is -0.358 e. The highest BCUT2D eigenvalue weighted by Crippen LogP contribution is 2.26. The number of likely N-dealkylation sites (N-methyl/N-ethyl adjacent to an activating group) is 1. The van der Waals surface area contributed by atoms with E-state index in [0.29, 0.717) is 5.11 Å². The molecule has 1 saturated heterocycles. The van der Waals surface area contributed by atoms with Crippen LogP contribution >= 0.6 is 28.1 Å². The van der Waals surface area contributed by atoms with E-state index in [4.69, 9.17) is 12.2 Å². The summed E-state index contributed by atoms with van der Waals surface area (Å²) >= 11 is 9.08. The van der Waals surface area contributed by atoms with Gasteiger partial charge in [-0.25, -0.2) is 0 Å². The lowest BCUT2D eigenvalue weighted by Crippen LogP contribution is -2.52. The van der Waals surface area contributed by atoms with Crippen molar-refractivity contribution in [3.05, 3.63) is 64.6 Å². The molecular weight excluding hydrogens is 420 g/mol. The zero-order valence-electron chi connectivity index (χ0n) is 15.9. The number of nitrogens with zero attached hydrogens (tertiary/aromatic N) is 2. The summed E-state index contributed by atoms with van der Waals surface area (Å²) in [6.07, 6.45) is 0. The number of anilines is 1. The van der Waals surface area contributed by atoms with Gasteiger partial charge in [0.25, 0.3) is 0 Å². The molecule has 144 valence electrons. The Morgan fingerprint density at radius 1 is 1.04 bits per heavy atom. The molecule has 0 aliphatic carbocycles. The number of hydrogen-bond acceptors (Lipinski definition) is 3. The third-order valence-corrected chi connectivity index (χ3v) is 5.70. The van der Waals surface area contributed by atoms with Gasteiger partial charge in [-0.1, -0.05) is 52.3 Å². The maximum absolute atomic E-state index is 5.58. The fraction of sp³-hybridized carbons (Fsp3) is 0.381. The van der Waals surface area contributed by atoms with Gasteiger partial charge in [0.1, 0.15) is 0 Å². The molecule has 2 N–H and O–H groups in total. The molecule has 1 aliphatic heterocycles. The van der Waals surface area contributed by atoms with Crippen LogP contribution in [0.3, 0.4) is 0 Å². The predicted octanol–water partition coefficient (Wildman–Crippen LogP) is 4.11. The summed E-state index contributed by atoms with van der Waals surface area (Å²) in [5, 5.41) is 7.45. The van der Waals surface area contributed by atoms with Crippen LogP contribution in [0.25, 0.3) is 0 Å². The second-order valence-corrected chi connectivity index (χ2v) is 8.42. The van der Waals surface area contributed by atoms with Gasteiger partial charge in [0.05, 0.1) is 6.04 Å². The highest BCUT2D eigenvalue weighted by molar-refractivity contribution is 9.10. The molecule has 3 rings (SSSR count). The second kappa shape index (κ2) is 9.64. The lowest BCUT2D eigenvalue weighted by molar-refractivity contribution is 0.0973. The molecule has 0 spiro atoms. The van der Waals surface area contributed by atoms with E-state index in [2.05, 4.69) is 80.7 Å². The van der Waals surface area contributed by atoms with Gasteiger partial charge in [-0.3, -0.25) is 4.90 Å². The number of benzene rings is 2. The van der Waals surface area contributed by atoms with Crippen molar-refractivity contribution in [3.63, 3.8) is 0 Å². The van der Waals surface area contributed by atoms with Gasteiger partial charge >= 0.3 is 0 Å². The third-order valence-electron chi connectivity index (χ3n) is 4.99. The largest absolute Gasteiger partial charge is 0.358 e. The van der Waals surface area contributed by atoms with Gasteiger partial charge in [-0.05, 0) is 50.0 Å². The quantitative estimate of drug-likeness (QED) is 0.674. The van der Waals surface area contributed by atoms with Crippen LogP contribution in [0.15, 0.2) is 59.1 Å². The highest BCUT2D eigenvalue weighted by Gasteiger charge is 2.28. The number of halogens is 1. The number of rotatable bonds is 5. The van der Waals surface area contributed by atoms with Crippen LogP contribution in [-0.2, 0) is 0 Å². The average molecular weight is 447 g/mol. The average Bonchev–Trinajstić information content (AvgIpc) is 2.64. The Hall–Kier alpha value is -1.47. The standard InChI is InChI=1S/C21H27BrN4S/c1-16(23-21(27)24-19-10-6-9-18(22)15-19)20(17-7-4-3-5-8-17)26-13-11-25(2)12-14-26/h3-10,15-16,20H,11-14H2,1-2H3,(H2,23,24,27)/t16-,20+/m1/s1. The molecule has 0 bridgehead atoms. The summed E-state index contributed by atoms with van der Waals surface area (Å²) in [7, 11) is 2.19. The first-order chi connectivity index (χ1) is 13.0. The minimum absolute atomic E-state index is 0.183. The topological polar surface area (TPSA) is 30.5 Å². The van der Waals surface area contributed by atoms with Crippen LogP contribution in [0.5, 0.6) is 0 Å². The van der Waals surface area contributed by atoms with Crippen molar-refractivity contribution in [3.8, 4) is 0 Å². The van der Waals surface area contributed by atoms with Gasteiger partial charge in [0.2, 0.25) is 0 Å². The number of nitrogens with one attached hydrogen (secondary N) is 2. The highest BCUT2D eigenvalue weighted by atomic mass is 79.9. The number of thiocarbonyl (C=S) groups is 1. The summed E-state index contributed by atoms with van der Waals surface area (Å²) in [5.41, 5.74) is 2.30. The first-order valence-corrected chi connectivity index (χ1v) is 10.5. The van der Waals surface area contributed by atoms with Crippen LogP contribution in [0.1, 0.15) is 18.5 Å². The smallest absolute Gasteiger partial charge is 0.171 e. The van der Waals surface area contributed by atoms with E-state index < -0.39 is 0 Å². The Labute approximate surface area is 176 Å². The lowest BCUT2D eigenvalue weighted by atomic mass is 9.98. The fourth-order valence-corrected chi connectivity index (χ4v) is 4.29. The molecule has 1 fully saturated rings. The van der Waals surface area contributed by atoms with E-state index in [-0.39, 0.29) is 12.1 Å². The number of hydrogen-bond donors (Lipinski definition) is 2. The summed E-state index contributed by atoms with van der Waals surface area (Å²) < 4.78 is 1.03. The molecule has 2 atom stereocenters. The monoisotopic (exact) mass is 446 g/mol. The first-order valence-electron chi connectivity index (χ1n) is 9.33. The van der Waals surface area contributed by atoms with Crippen molar-refractivity contribution >= 4 is 38.9 Å². The second-order valence-electron chi connectivity index (χ2n) is 7.09. The summed E-state index contributed by atoms with van der Waals surface area (Å²) in [6, 6.07) is 19.2. The molecule has 0 amide bonds. The maximum Gasteiger partial charge on any atom is 0.171 e. The Balaban J connectivity index is 1.70. The zero-order valence-corrected chi connectivity index (χ0v) is 18.3. The molecule has 2 aromatic rings. The van der Waals surface area contributed by atoms with Crippen LogP contribution in [0.4, 0.5) is 5.69 Å². The van der Waals surface area contributed by atoms with Crippen molar-refractivity contribution in [2.24, 2.45) is 0 Å². The predicted molar refractivity (Wildman–Crippen MR) is 121 cm³/mol. The molecule has 1 heterocycles. The van der Waals surface area contributed by atoms with Crippen LogP contribution in [-0.4, -0.2) is 54.2 Å². The van der Waals surface area contributed by atoms with Gasteiger partial charge in [-0.15, -0.1) is 0 Å². The molecule has 0 aromatic heterocycles. The molecule has 1 aliphatic rings. The van der Waals surface area contributed by atoms with E-state index >= 15 is 0 Å². The summed E-state index contributed by atoms with van der Waals surface area (Å²) in [5.74, 6) is 0. The number of piperazine rings is 1. The molecular formula is C21H27BrN4S.